The smallest absolute Gasteiger partial charge is 0.221 e. The topological polar surface area (TPSA) is 72.9 Å². The van der Waals surface area contributed by atoms with Gasteiger partial charge in [0.1, 0.15) is 0 Å². The molecule has 0 bridgehead atoms. The molecular weight excluding hydrogens is 240 g/mol. The van der Waals surface area contributed by atoms with Gasteiger partial charge in [-0.05, 0) is 17.9 Å². The fraction of sp³-hybridized carbons (Fsp3) is 0.714. The van der Waals surface area contributed by atoms with Crippen LogP contribution >= 0.6 is 0 Å². The third kappa shape index (κ3) is 6.96. The summed E-state index contributed by atoms with van der Waals surface area (Å²) in [5.41, 5.74) is 7.12. The van der Waals surface area contributed by atoms with Gasteiger partial charge in [-0.15, -0.1) is 0 Å². The van der Waals surface area contributed by atoms with Crippen molar-refractivity contribution in [2.24, 2.45) is 18.2 Å². The number of nitrogens with two attached hydrogens (primary N) is 1. The highest BCUT2D eigenvalue weighted by Crippen LogP contribution is 2.20. The van der Waals surface area contributed by atoms with Crippen LogP contribution in [0.15, 0.2) is 12.3 Å². The van der Waals surface area contributed by atoms with Gasteiger partial charge in [-0.25, -0.2) is 0 Å². The summed E-state index contributed by atoms with van der Waals surface area (Å²) in [5.74, 6) is 0.0210. The standard InChI is InChI=1S/C14H26N4O/c1-14(2,3)10-11(15)9-13(19)16-7-5-12-6-8-18(4)17-12/h6,8,11H,5,7,9-10,15H2,1-4H3,(H,16,19). The molecule has 1 atom stereocenters. The third-order valence-corrected chi connectivity index (χ3v) is 2.79. The van der Waals surface area contributed by atoms with Gasteiger partial charge in [-0.2, -0.15) is 5.10 Å². The molecule has 0 saturated heterocycles. The van der Waals surface area contributed by atoms with Crippen LogP contribution < -0.4 is 11.1 Å². The second-order valence-corrected chi connectivity index (χ2v) is 6.31. The van der Waals surface area contributed by atoms with Crippen molar-refractivity contribution in [3.8, 4) is 0 Å². The summed E-state index contributed by atoms with van der Waals surface area (Å²) in [6.07, 6.45) is 3.89. The summed E-state index contributed by atoms with van der Waals surface area (Å²) >= 11 is 0. The van der Waals surface area contributed by atoms with Crippen LogP contribution in [-0.2, 0) is 18.3 Å². The lowest BCUT2D eigenvalue weighted by Gasteiger charge is -2.22. The first-order valence-electron chi connectivity index (χ1n) is 6.77. The minimum atomic E-state index is -0.0742. The van der Waals surface area contributed by atoms with E-state index in [0.29, 0.717) is 13.0 Å². The lowest BCUT2D eigenvalue weighted by atomic mass is 9.87. The van der Waals surface area contributed by atoms with Gasteiger partial charge in [0.25, 0.3) is 0 Å². The fourth-order valence-electron chi connectivity index (χ4n) is 2.10. The molecule has 1 aromatic rings. The molecule has 3 N–H and O–H groups in total. The number of aryl methyl sites for hydroxylation is 1. The zero-order valence-electron chi connectivity index (χ0n) is 12.4. The molecule has 0 radical (unpaired) electrons. The zero-order chi connectivity index (χ0) is 14.5. The Morgan fingerprint density at radius 3 is 2.74 bits per heavy atom. The van der Waals surface area contributed by atoms with Crippen LogP contribution in [0.5, 0.6) is 0 Å². The number of amides is 1. The lowest BCUT2D eigenvalue weighted by Crippen LogP contribution is -2.35. The number of hydrogen-bond acceptors (Lipinski definition) is 3. The maximum absolute atomic E-state index is 11.7. The van der Waals surface area contributed by atoms with Gasteiger partial charge in [-0.1, -0.05) is 20.8 Å². The van der Waals surface area contributed by atoms with Crippen LogP contribution in [0.3, 0.4) is 0 Å². The molecule has 1 rings (SSSR count). The van der Waals surface area contributed by atoms with Gasteiger partial charge in [0.15, 0.2) is 0 Å². The van der Waals surface area contributed by atoms with Crippen LogP contribution in [0.25, 0.3) is 0 Å². The minimum Gasteiger partial charge on any atom is -0.356 e. The summed E-state index contributed by atoms with van der Waals surface area (Å²) in [7, 11) is 1.88. The van der Waals surface area contributed by atoms with Crippen molar-refractivity contribution in [3.05, 3.63) is 18.0 Å². The van der Waals surface area contributed by atoms with Gasteiger partial charge < -0.3 is 11.1 Å². The second kappa shape index (κ2) is 6.70. The third-order valence-electron chi connectivity index (χ3n) is 2.79. The van der Waals surface area contributed by atoms with E-state index < -0.39 is 0 Å². The van der Waals surface area contributed by atoms with Gasteiger partial charge >= 0.3 is 0 Å². The number of rotatable bonds is 6. The Bertz CT molecular complexity index is 406. The highest BCUT2D eigenvalue weighted by molar-refractivity contribution is 5.76. The maximum atomic E-state index is 11.7. The molecule has 0 aromatic carbocycles. The average molecular weight is 266 g/mol. The van der Waals surface area contributed by atoms with Crippen molar-refractivity contribution in [1.29, 1.82) is 0 Å². The largest absolute Gasteiger partial charge is 0.356 e. The van der Waals surface area contributed by atoms with Crippen LogP contribution in [0, 0.1) is 5.41 Å². The fourth-order valence-corrected chi connectivity index (χ4v) is 2.10. The van der Waals surface area contributed by atoms with Gasteiger partial charge in [-0.3, -0.25) is 9.48 Å². The van der Waals surface area contributed by atoms with Gasteiger partial charge in [0, 0.05) is 38.7 Å². The monoisotopic (exact) mass is 266 g/mol. The quantitative estimate of drug-likeness (QED) is 0.813. The number of nitrogens with one attached hydrogen (secondary N) is 1. The first-order valence-corrected chi connectivity index (χ1v) is 6.77. The molecule has 0 saturated carbocycles. The van der Waals surface area contributed by atoms with E-state index in [0.717, 1.165) is 18.5 Å². The van der Waals surface area contributed by atoms with Crippen molar-refractivity contribution < 1.29 is 4.79 Å². The molecule has 108 valence electrons. The number of nitrogens with zero attached hydrogens (tertiary/aromatic N) is 2. The van der Waals surface area contributed by atoms with Crippen LogP contribution in [0.4, 0.5) is 0 Å². The van der Waals surface area contributed by atoms with E-state index in [9.17, 15) is 4.79 Å². The summed E-state index contributed by atoms with van der Waals surface area (Å²) in [6, 6.07) is 1.88. The molecule has 1 unspecified atom stereocenters. The Labute approximate surface area is 115 Å². The molecule has 0 aliphatic carbocycles. The molecular formula is C14H26N4O. The van der Waals surface area contributed by atoms with Crippen molar-refractivity contribution >= 4 is 5.91 Å². The van der Waals surface area contributed by atoms with E-state index in [1.807, 2.05) is 19.3 Å². The Balaban J connectivity index is 2.21. The Hall–Kier alpha value is -1.36. The molecule has 5 heteroatoms. The molecule has 0 aliphatic heterocycles. The summed E-state index contributed by atoms with van der Waals surface area (Å²) in [6.45, 7) is 7.00. The predicted octanol–water partition coefficient (Wildman–Crippen LogP) is 1.23. The molecule has 0 spiro atoms. The SMILES string of the molecule is Cn1ccc(CCNC(=O)CC(N)CC(C)(C)C)n1. The van der Waals surface area contributed by atoms with E-state index in [1.165, 1.54) is 0 Å². The molecule has 5 nitrogen and oxygen atoms in total. The van der Waals surface area contributed by atoms with E-state index >= 15 is 0 Å². The van der Waals surface area contributed by atoms with Crippen LogP contribution in [0.2, 0.25) is 0 Å². The van der Waals surface area contributed by atoms with E-state index in [2.05, 4.69) is 31.2 Å². The van der Waals surface area contributed by atoms with Crippen molar-refractivity contribution in [1.82, 2.24) is 15.1 Å². The number of carbonyl (C=O) groups excluding carboxylic acids is 1. The highest BCUT2D eigenvalue weighted by atomic mass is 16.1. The average Bonchev–Trinajstić information content (AvgIpc) is 2.60. The first kappa shape index (κ1) is 15.7. The summed E-state index contributed by atoms with van der Waals surface area (Å²) in [4.78, 5) is 11.7. The van der Waals surface area contributed by atoms with Crippen LogP contribution in [0.1, 0.15) is 39.3 Å². The lowest BCUT2D eigenvalue weighted by molar-refractivity contribution is -0.121. The van der Waals surface area contributed by atoms with Crippen molar-refractivity contribution in [3.63, 3.8) is 0 Å². The summed E-state index contributed by atoms with van der Waals surface area (Å²) in [5, 5.41) is 7.15. The Morgan fingerprint density at radius 2 is 2.21 bits per heavy atom. The van der Waals surface area contributed by atoms with Crippen LogP contribution in [-0.4, -0.2) is 28.3 Å². The zero-order valence-corrected chi connectivity index (χ0v) is 12.4. The van der Waals surface area contributed by atoms with Gasteiger partial charge in [0.2, 0.25) is 5.91 Å². The molecule has 1 aromatic heterocycles. The maximum Gasteiger partial charge on any atom is 0.221 e. The molecule has 0 fully saturated rings. The second-order valence-electron chi connectivity index (χ2n) is 6.31. The highest BCUT2D eigenvalue weighted by Gasteiger charge is 2.17. The molecule has 19 heavy (non-hydrogen) atoms. The molecule has 0 aliphatic rings. The molecule has 1 heterocycles. The van der Waals surface area contributed by atoms with Gasteiger partial charge in [0.05, 0.1) is 5.69 Å². The number of aromatic nitrogens is 2. The number of hydrogen-bond donors (Lipinski definition) is 2. The van der Waals surface area contributed by atoms with E-state index in [-0.39, 0.29) is 17.4 Å². The van der Waals surface area contributed by atoms with Crippen molar-refractivity contribution in [2.75, 3.05) is 6.54 Å². The predicted molar refractivity (Wildman–Crippen MR) is 76.6 cm³/mol. The Morgan fingerprint density at radius 1 is 1.53 bits per heavy atom. The number of carbonyl (C=O) groups is 1. The normalized spacial score (nSPS) is 13.3. The van der Waals surface area contributed by atoms with E-state index in [4.69, 9.17) is 5.73 Å². The minimum absolute atomic E-state index is 0.0210. The van der Waals surface area contributed by atoms with E-state index in [1.54, 1.807) is 4.68 Å². The summed E-state index contributed by atoms with van der Waals surface area (Å²) < 4.78 is 1.76. The van der Waals surface area contributed by atoms with Crippen molar-refractivity contribution in [2.45, 2.75) is 46.1 Å². The Kier molecular flexibility index (Phi) is 5.54. The molecule has 1 amide bonds. The first-order chi connectivity index (χ1) is 8.76.